The molecule has 2 aliphatic rings. The van der Waals surface area contributed by atoms with Gasteiger partial charge in [0.25, 0.3) is 0 Å². The normalized spacial score (nSPS) is 18.5. The van der Waals surface area contributed by atoms with E-state index in [1.54, 1.807) is 0 Å². The van der Waals surface area contributed by atoms with Gasteiger partial charge in [-0.25, -0.2) is 4.98 Å². The summed E-state index contributed by atoms with van der Waals surface area (Å²) in [6.45, 7) is 3.11. The smallest absolute Gasteiger partial charge is 0.151 e. The zero-order valence-corrected chi connectivity index (χ0v) is 13.9. The van der Waals surface area contributed by atoms with E-state index in [2.05, 4.69) is 55.8 Å². The Hall–Kier alpha value is -1.95. The van der Waals surface area contributed by atoms with E-state index in [9.17, 15) is 0 Å². The van der Waals surface area contributed by atoms with Crippen molar-refractivity contribution in [2.24, 2.45) is 7.05 Å². The van der Waals surface area contributed by atoms with Gasteiger partial charge in [0, 0.05) is 57.5 Å². The number of imidazole rings is 1. The van der Waals surface area contributed by atoms with Crippen LogP contribution in [0.4, 0.5) is 5.82 Å². The first-order valence-electron chi connectivity index (χ1n) is 8.45. The summed E-state index contributed by atoms with van der Waals surface area (Å²) in [6, 6.07) is 4.88. The minimum absolute atomic E-state index is 0.597. The third-order valence-corrected chi connectivity index (χ3v) is 5.09. The number of hydrogen-bond acceptors (Lipinski definition) is 5. The van der Waals surface area contributed by atoms with E-state index < -0.39 is 0 Å². The van der Waals surface area contributed by atoms with Gasteiger partial charge in [-0.2, -0.15) is 5.10 Å². The molecule has 2 aromatic rings. The summed E-state index contributed by atoms with van der Waals surface area (Å²) < 4.78 is 2.10. The fraction of sp³-hybridized carbons (Fsp3) is 0.588. The van der Waals surface area contributed by atoms with E-state index in [1.807, 2.05) is 12.4 Å². The van der Waals surface area contributed by atoms with Crippen molar-refractivity contribution in [3.05, 3.63) is 36.0 Å². The molecule has 6 heteroatoms. The van der Waals surface area contributed by atoms with Gasteiger partial charge < -0.3 is 9.47 Å². The average Bonchev–Trinajstić information content (AvgIpc) is 3.28. The van der Waals surface area contributed by atoms with Crippen LogP contribution in [0, 0.1) is 0 Å². The lowest BCUT2D eigenvalue weighted by Gasteiger charge is -2.44. The molecular formula is C17H24N6. The van der Waals surface area contributed by atoms with Crippen LogP contribution in [0.5, 0.6) is 0 Å². The Morgan fingerprint density at radius 1 is 1.22 bits per heavy atom. The molecule has 1 saturated carbocycles. The predicted molar refractivity (Wildman–Crippen MR) is 89.6 cm³/mol. The molecule has 2 fully saturated rings. The topological polar surface area (TPSA) is 50.1 Å². The van der Waals surface area contributed by atoms with Crippen molar-refractivity contribution in [1.82, 2.24) is 24.6 Å². The monoisotopic (exact) mass is 312 g/mol. The van der Waals surface area contributed by atoms with E-state index in [0.717, 1.165) is 43.4 Å². The first-order valence-corrected chi connectivity index (χ1v) is 8.45. The molecule has 0 unspecified atom stereocenters. The molecule has 3 heterocycles. The molecule has 0 bridgehead atoms. The van der Waals surface area contributed by atoms with Crippen molar-refractivity contribution >= 4 is 5.82 Å². The molecule has 4 rings (SSSR count). The fourth-order valence-electron chi connectivity index (χ4n) is 3.12. The van der Waals surface area contributed by atoms with Gasteiger partial charge in [-0.15, -0.1) is 5.10 Å². The number of hydrogen-bond donors (Lipinski definition) is 0. The van der Waals surface area contributed by atoms with Gasteiger partial charge in [-0.1, -0.05) is 0 Å². The van der Waals surface area contributed by atoms with E-state index in [1.165, 1.54) is 12.8 Å². The first kappa shape index (κ1) is 14.6. The second-order valence-electron chi connectivity index (χ2n) is 6.83. The van der Waals surface area contributed by atoms with Gasteiger partial charge >= 0.3 is 0 Å². The second kappa shape index (κ2) is 5.92. The predicted octanol–water partition coefficient (Wildman–Crippen LogP) is 1.45. The highest BCUT2D eigenvalue weighted by atomic mass is 15.4. The number of nitrogens with zero attached hydrogens (tertiary/aromatic N) is 6. The minimum atomic E-state index is 0.597. The molecule has 0 N–H and O–H groups in total. The summed E-state index contributed by atoms with van der Waals surface area (Å²) >= 11 is 0. The highest BCUT2D eigenvalue weighted by molar-refractivity contribution is 5.42. The molecule has 1 aliphatic carbocycles. The van der Waals surface area contributed by atoms with Crippen LogP contribution in [0.2, 0.25) is 0 Å². The molecule has 0 atom stereocenters. The Morgan fingerprint density at radius 2 is 2.04 bits per heavy atom. The summed E-state index contributed by atoms with van der Waals surface area (Å²) in [5, 5.41) is 8.78. The Kier molecular flexibility index (Phi) is 3.77. The Morgan fingerprint density at radius 3 is 2.65 bits per heavy atom. The van der Waals surface area contributed by atoms with Gasteiger partial charge in [-0.3, -0.25) is 4.90 Å². The molecule has 1 saturated heterocycles. The maximum Gasteiger partial charge on any atom is 0.151 e. The van der Waals surface area contributed by atoms with Crippen molar-refractivity contribution in [3.63, 3.8) is 0 Å². The van der Waals surface area contributed by atoms with Gasteiger partial charge in [0.2, 0.25) is 0 Å². The summed E-state index contributed by atoms with van der Waals surface area (Å²) in [7, 11) is 4.25. The van der Waals surface area contributed by atoms with Crippen molar-refractivity contribution in [2.45, 2.75) is 31.2 Å². The molecule has 0 amide bonds. The van der Waals surface area contributed by atoms with E-state index >= 15 is 0 Å². The number of likely N-dealkylation sites (N-methyl/N-ethyl adjacent to an activating group) is 1. The van der Waals surface area contributed by atoms with Gasteiger partial charge in [0.15, 0.2) is 5.82 Å². The molecular weight excluding hydrogens is 288 g/mol. The van der Waals surface area contributed by atoms with E-state index in [-0.39, 0.29) is 0 Å². The molecule has 6 nitrogen and oxygen atoms in total. The lowest BCUT2D eigenvalue weighted by molar-refractivity contribution is 0.205. The van der Waals surface area contributed by atoms with Crippen molar-refractivity contribution in [1.29, 1.82) is 0 Å². The largest absolute Gasteiger partial charge is 0.352 e. The van der Waals surface area contributed by atoms with Gasteiger partial charge in [0.05, 0.1) is 5.69 Å². The molecule has 122 valence electrons. The summed E-state index contributed by atoms with van der Waals surface area (Å²) in [6.07, 6.45) is 7.42. The second-order valence-corrected chi connectivity index (χ2v) is 6.83. The lowest BCUT2D eigenvalue weighted by atomic mass is 10.1. The van der Waals surface area contributed by atoms with Crippen molar-refractivity contribution in [2.75, 3.05) is 31.6 Å². The maximum atomic E-state index is 4.40. The summed E-state index contributed by atoms with van der Waals surface area (Å²) in [5.74, 6) is 2.84. The Bertz CT molecular complexity index is 654. The number of rotatable bonds is 6. The molecule has 0 aromatic carbocycles. The summed E-state index contributed by atoms with van der Waals surface area (Å²) in [5.41, 5.74) is 1.16. The first-order chi connectivity index (χ1) is 11.2. The lowest BCUT2D eigenvalue weighted by Crippen LogP contribution is -2.59. The van der Waals surface area contributed by atoms with Crippen LogP contribution < -0.4 is 4.90 Å². The van der Waals surface area contributed by atoms with Gasteiger partial charge in [-0.05, 0) is 32.0 Å². The number of aryl methyl sites for hydroxylation is 1. The van der Waals surface area contributed by atoms with E-state index in [0.29, 0.717) is 12.0 Å². The highest BCUT2D eigenvalue weighted by Gasteiger charge is 2.31. The minimum Gasteiger partial charge on any atom is -0.352 e. The Labute approximate surface area is 137 Å². The van der Waals surface area contributed by atoms with Crippen LogP contribution in [0.25, 0.3) is 0 Å². The van der Waals surface area contributed by atoms with Crippen molar-refractivity contribution in [3.8, 4) is 0 Å². The SMILES string of the molecule is CN(CCc1nccn1C)C1CN(c2ccc(C3CC3)nn2)C1. The van der Waals surface area contributed by atoms with Crippen LogP contribution >= 0.6 is 0 Å². The van der Waals surface area contributed by atoms with Crippen LogP contribution in [0.3, 0.4) is 0 Å². The fourth-order valence-corrected chi connectivity index (χ4v) is 3.12. The number of aromatic nitrogens is 4. The molecule has 0 radical (unpaired) electrons. The van der Waals surface area contributed by atoms with E-state index in [4.69, 9.17) is 0 Å². The quantitative estimate of drug-likeness (QED) is 0.808. The standard InChI is InChI=1S/C17H24N6/c1-21(9-7-16-18-8-10-22(16)2)14-11-23(12-14)17-6-5-15(19-20-17)13-3-4-13/h5-6,8,10,13-14H,3-4,7,9,11-12H2,1-2H3. The maximum absolute atomic E-state index is 4.40. The highest BCUT2D eigenvalue weighted by Crippen LogP contribution is 2.38. The van der Waals surface area contributed by atoms with Crippen LogP contribution in [-0.4, -0.2) is 57.4 Å². The third kappa shape index (κ3) is 3.08. The Balaban J connectivity index is 1.26. The molecule has 1 aliphatic heterocycles. The number of anilines is 1. The van der Waals surface area contributed by atoms with Crippen LogP contribution in [0.15, 0.2) is 24.5 Å². The average molecular weight is 312 g/mol. The third-order valence-electron chi connectivity index (χ3n) is 5.09. The van der Waals surface area contributed by atoms with Gasteiger partial charge in [0.1, 0.15) is 5.82 Å². The zero-order chi connectivity index (χ0) is 15.8. The molecule has 2 aromatic heterocycles. The molecule has 23 heavy (non-hydrogen) atoms. The molecule has 0 spiro atoms. The summed E-state index contributed by atoms with van der Waals surface area (Å²) in [4.78, 5) is 9.13. The zero-order valence-electron chi connectivity index (χ0n) is 13.9. The van der Waals surface area contributed by atoms with Crippen molar-refractivity contribution < 1.29 is 0 Å². The van der Waals surface area contributed by atoms with Crippen LogP contribution in [0.1, 0.15) is 30.3 Å². The van der Waals surface area contributed by atoms with Crippen LogP contribution in [-0.2, 0) is 13.5 Å².